The summed E-state index contributed by atoms with van der Waals surface area (Å²) in [5.41, 5.74) is 7.06. The van der Waals surface area contributed by atoms with E-state index >= 15 is 0 Å². The molecule has 0 radical (unpaired) electrons. The van der Waals surface area contributed by atoms with Crippen LogP contribution in [0, 0.1) is 0 Å². The van der Waals surface area contributed by atoms with Gasteiger partial charge in [-0.1, -0.05) is 23.8 Å². The van der Waals surface area contributed by atoms with E-state index in [1.54, 1.807) is 24.4 Å². The lowest BCUT2D eigenvalue weighted by Gasteiger charge is -2.09. The van der Waals surface area contributed by atoms with Crippen molar-refractivity contribution in [2.24, 2.45) is 5.73 Å². The summed E-state index contributed by atoms with van der Waals surface area (Å²) in [5.74, 6) is 0.575. The molecule has 3 nitrogen and oxygen atoms in total. The first-order chi connectivity index (χ1) is 9.06. The van der Waals surface area contributed by atoms with Gasteiger partial charge in [0.1, 0.15) is 17.3 Å². The number of nitrogens with two attached hydrogens (primary N) is 1. The van der Waals surface area contributed by atoms with Crippen molar-refractivity contribution in [2.45, 2.75) is 6.61 Å². The smallest absolute Gasteiger partial charge is 0.138 e. The Morgan fingerprint density at radius 3 is 2.74 bits per heavy atom. The maximum absolute atomic E-state index is 6.10. The summed E-state index contributed by atoms with van der Waals surface area (Å²) >= 11 is 14.3. The molecule has 0 saturated heterocycles. The fourth-order valence-corrected chi connectivity index (χ4v) is 2.01. The Balaban J connectivity index is 2.07. The number of pyridine rings is 1. The predicted molar refractivity (Wildman–Crippen MR) is 83.6 cm³/mol. The predicted octanol–water partition coefficient (Wildman–Crippen LogP) is 3.71. The molecule has 98 valence electrons. The van der Waals surface area contributed by atoms with E-state index in [2.05, 4.69) is 20.9 Å². The van der Waals surface area contributed by atoms with Gasteiger partial charge in [0.15, 0.2) is 0 Å². The Bertz CT molecular complexity index is 604. The van der Waals surface area contributed by atoms with Crippen molar-refractivity contribution in [1.82, 2.24) is 4.98 Å². The van der Waals surface area contributed by atoms with Crippen LogP contribution in [0.2, 0.25) is 5.02 Å². The van der Waals surface area contributed by atoms with Crippen LogP contribution in [-0.4, -0.2) is 9.97 Å². The number of hydrogen-bond donors (Lipinski definition) is 1. The second-order valence-electron chi connectivity index (χ2n) is 3.77. The van der Waals surface area contributed by atoms with Crippen LogP contribution in [0.1, 0.15) is 11.3 Å². The van der Waals surface area contributed by atoms with E-state index in [4.69, 9.17) is 34.3 Å². The third-order valence-electron chi connectivity index (χ3n) is 2.38. The third kappa shape index (κ3) is 3.89. The molecule has 0 unspecified atom stereocenters. The Morgan fingerprint density at radius 2 is 2.16 bits per heavy atom. The number of benzene rings is 1. The number of hydrogen-bond acceptors (Lipinski definition) is 3. The summed E-state index contributed by atoms with van der Waals surface area (Å²) in [6, 6.07) is 8.99. The van der Waals surface area contributed by atoms with Gasteiger partial charge in [0.05, 0.1) is 10.7 Å². The summed E-state index contributed by atoms with van der Waals surface area (Å²) in [5, 5.41) is 0.474. The first-order valence-corrected chi connectivity index (χ1v) is 6.97. The molecular formula is C13H10BrClN2OS. The molecular weight excluding hydrogens is 348 g/mol. The van der Waals surface area contributed by atoms with Gasteiger partial charge in [-0.2, -0.15) is 0 Å². The van der Waals surface area contributed by atoms with Gasteiger partial charge in [-0.25, -0.2) is 0 Å². The lowest BCUT2D eigenvalue weighted by atomic mass is 10.2. The maximum Gasteiger partial charge on any atom is 0.138 e. The van der Waals surface area contributed by atoms with Crippen LogP contribution in [0.15, 0.2) is 41.0 Å². The Labute approximate surface area is 129 Å². The molecule has 2 rings (SSSR count). The Hall–Kier alpha value is -1.17. The normalized spacial score (nSPS) is 10.2. The number of rotatable bonds is 4. The molecule has 2 aromatic rings. The summed E-state index contributed by atoms with van der Waals surface area (Å²) in [4.78, 5) is 4.52. The first kappa shape index (κ1) is 14.2. The van der Waals surface area contributed by atoms with Crippen molar-refractivity contribution >= 4 is 44.7 Å². The van der Waals surface area contributed by atoms with E-state index in [1.165, 1.54) is 0 Å². The largest absolute Gasteiger partial charge is 0.486 e. The van der Waals surface area contributed by atoms with Gasteiger partial charge in [-0.3, -0.25) is 4.98 Å². The lowest BCUT2D eigenvalue weighted by molar-refractivity contribution is 0.301. The van der Waals surface area contributed by atoms with Crippen LogP contribution in [0.4, 0.5) is 0 Å². The molecule has 0 bridgehead atoms. The number of ether oxygens (including phenoxy) is 1. The van der Waals surface area contributed by atoms with Gasteiger partial charge in [-0.15, -0.1) is 0 Å². The minimum absolute atomic E-state index is 0.308. The highest BCUT2D eigenvalue weighted by Crippen LogP contribution is 2.26. The molecule has 0 atom stereocenters. The van der Waals surface area contributed by atoms with Crippen LogP contribution < -0.4 is 10.5 Å². The summed E-state index contributed by atoms with van der Waals surface area (Å²) in [6.07, 6.45) is 1.72. The molecule has 0 aliphatic carbocycles. The van der Waals surface area contributed by atoms with Gasteiger partial charge in [0.25, 0.3) is 0 Å². The minimum Gasteiger partial charge on any atom is -0.486 e. The van der Waals surface area contributed by atoms with E-state index in [1.807, 2.05) is 12.1 Å². The molecule has 1 heterocycles. The molecule has 1 aromatic carbocycles. The lowest BCUT2D eigenvalue weighted by Crippen LogP contribution is -2.09. The number of thiocarbonyl (C=S) groups is 1. The van der Waals surface area contributed by atoms with Crippen molar-refractivity contribution in [2.75, 3.05) is 0 Å². The van der Waals surface area contributed by atoms with Crippen LogP contribution in [-0.2, 0) is 6.61 Å². The highest BCUT2D eigenvalue weighted by atomic mass is 79.9. The third-order valence-corrected chi connectivity index (χ3v) is 3.38. The molecule has 0 spiro atoms. The van der Waals surface area contributed by atoms with Gasteiger partial charge < -0.3 is 10.5 Å². The number of aromatic nitrogens is 1. The van der Waals surface area contributed by atoms with Crippen LogP contribution in [0.5, 0.6) is 5.75 Å². The molecule has 0 fully saturated rings. The van der Waals surface area contributed by atoms with Crippen LogP contribution in [0.25, 0.3) is 0 Å². The molecule has 0 amide bonds. The van der Waals surface area contributed by atoms with Crippen molar-refractivity contribution in [1.29, 1.82) is 0 Å². The average Bonchev–Trinajstić information content (AvgIpc) is 2.39. The highest BCUT2D eigenvalue weighted by molar-refractivity contribution is 9.10. The second kappa shape index (κ2) is 6.32. The van der Waals surface area contributed by atoms with E-state index in [-0.39, 0.29) is 0 Å². The van der Waals surface area contributed by atoms with Crippen molar-refractivity contribution in [3.05, 3.63) is 57.3 Å². The van der Waals surface area contributed by atoms with E-state index < -0.39 is 0 Å². The summed E-state index contributed by atoms with van der Waals surface area (Å²) < 4.78 is 6.53. The summed E-state index contributed by atoms with van der Waals surface area (Å²) in [7, 11) is 0. The summed E-state index contributed by atoms with van der Waals surface area (Å²) in [6.45, 7) is 0.347. The van der Waals surface area contributed by atoms with Crippen molar-refractivity contribution < 1.29 is 4.74 Å². The zero-order chi connectivity index (χ0) is 13.8. The zero-order valence-corrected chi connectivity index (χ0v) is 12.9. The standard InChI is InChI=1S/C13H10BrClN2OS/c14-9-2-3-10(17-6-9)7-18-12-4-1-8(13(16)19)5-11(12)15/h1-6H,7H2,(H2,16,19). The van der Waals surface area contributed by atoms with E-state index in [9.17, 15) is 0 Å². The average molecular weight is 358 g/mol. The van der Waals surface area contributed by atoms with Gasteiger partial charge in [0.2, 0.25) is 0 Å². The van der Waals surface area contributed by atoms with Gasteiger partial charge >= 0.3 is 0 Å². The second-order valence-corrected chi connectivity index (χ2v) is 5.53. The van der Waals surface area contributed by atoms with Gasteiger partial charge in [-0.05, 0) is 46.3 Å². The Morgan fingerprint density at radius 1 is 1.37 bits per heavy atom. The van der Waals surface area contributed by atoms with Crippen molar-refractivity contribution in [3.8, 4) is 5.75 Å². The molecule has 1 aromatic heterocycles. The quantitative estimate of drug-likeness (QED) is 0.847. The minimum atomic E-state index is 0.308. The van der Waals surface area contributed by atoms with Crippen LogP contribution >= 0.6 is 39.7 Å². The zero-order valence-electron chi connectivity index (χ0n) is 9.77. The van der Waals surface area contributed by atoms with E-state index in [0.717, 1.165) is 10.2 Å². The fourth-order valence-electron chi connectivity index (χ4n) is 1.41. The van der Waals surface area contributed by atoms with Crippen molar-refractivity contribution in [3.63, 3.8) is 0 Å². The molecule has 2 N–H and O–H groups in total. The number of halogens is 2. The Kier molecular flexibility index (Phi) is 4.74. The monoisotopic (exact) mass is 356 g/mol. The molecule has 6 heteroatoms. The number of nitrogens with zero attached hydrogens (tertiary/aromatic N) is 1. The molecule has 0 aliphatic heterocycles. The van der Waals surface area contributed by atoms with E-state index in [0.29, 0.717) is 27.9 Å². The molecule has 0 aliphatic rings. The molecule has 19 heavy (non-hydrogen) atoms. The molecule has 0 saturated carbocycles. The highest BCUT2D eigenvalue weighted by Gasteiger charge is 2.05. The fraction of sp³-hybridized carbons (Fsp3) is 0.0769. The SMILES string of the molecule is NC(=S)c1ccc(OCc2ccc(Br)cn2)c(Cl)c1. The maximum atomic E-state index is 6.10. The van der Waals surface area contributed by atoms with Crippen LogP contribution in [0.3, 0.4) is 0 Å². The van der Waals surface area contributed by atoms with Gasteiger partial charge in [0, 0.05) is 16.2 Å². The first-order valence-electron chi connectivity index (χ1n) is 5.39. The topological polar surface area (TPSA) is 48.1 Å².